The minimum absolute atomic E-state index is 0.641. The summed E-state index contributed by atoms with van der Waals surface area (Å²) in [6.07, 6.45) is 9.53. The molecule has 0 saturated heterocycles. The first-order chi connectivity index (χ1) is 7.81. The van der Waals surface area contributed by atoms with Gasteiger partial charge in [-0.15, -0.1) is 0 Å². The third-order valence-electron chi connectivity index (χ3n) is 3.85. The maximum atomic E-state index is 4.19. The molecule has 1 aliphatic carbocycles. The van der Waals surface area contributed by atoms with Crippen molar-refractivity contribution >= 4 is 0 Å². The van der Waals surface area contributed by atoms with Gasteiger partial charge in [-0.05, 0) is 32.6 Å². The average molecular weight is 221 g/mol. The molecule has 1 unspecified atom stereocenters. The highest BCUT2D eigenvalue weighted by Gasteiger charge is 2.21. The van der Waals surface area contributed by atoms with E-state index in [1.807, 2.05) is 12.5 Å². The van der Waals surface area contributed by atoms with Crippen LogP contribution in [0.3, 0.4) is 0 Å². The van der Waals surface area contributed by atoms with Crippen molar-refractivity contribution in [2.24, 2.45) is 5.92 Å². The highest BCUT2D eigenvalue weighted by molar-refractivity contribution is 4.98. The Morgan fingerprint density at radius 3 is 2.94 bits per heavy atom. The van der Waals surface area contributed by atoms with E-state index >= 15 is 0 Å². The molecule has 1 aromatic rings. The normalized spacial score (nSPS) is 19.1. The second-order valence-electron chi connectivity index (χ2n) is 4.89. The Hall–Kier alpha value is -0.830. The molecule has 1 fully saturated rings. The first kappa shape index (κ1) is 11.6. The van der Waals surface area contributed by atoms with Gasteiger partial charge in [0.05, 0.1) is 12.0 Å². The van der Waals surface area contributed by atoms with Crippen molar-refractivity contribution in [2.45, 2.75) is 58.7 Å². The summed E-state index contributed by atoms with van der Waals surface area (Å²) in [5, 5.41) is 3.64. The number of hydrogen-bond acceptors (Lipinski definition) is 2. The molecule has 16 heavy (non-hydrogen) atoms. The Balaban J connectivity index is 1.82. The summed E-state index contributed by atoms with van der Waals surface area (Å²) in [5.41, 5.74) is 1.30. The molecule has 2 rings (SSSR count). The lowest BCUT2D eigenvalue weighted by Crippen LogP contribution is -2.32. The Morgan fingerprint density at radius 2 is 2.25 bits per heavy atom. The maximum Gasteiger partial charge on any atom is 0.0948 e. The van der Waals surface area contributed by atoms with E-state index in [0.29, 0.717) is 6.04 Å². The highest BCUT2D eigenvalue weighted by Crippen LogP contribution is 2.27. The lowest BCUT2D eigenvalue weighted by Gasteiger charge is -2.20. The van der Waals surface area contributed by atoms with E-state index in [2.05, 4.69) is 28.7 Å². The van der Waals surface area contributed by atoms with Gasteiger partial charge in [0.2, 0.25) is 0 Å². The van der Waals surface area contributed by atoms with Crippen LogP contribution >= 0.6 is 0 Å². The fraction of sp³-hybridized carbons (Fsp3) is 0.769. The lowest BCUT2D eigenvalue weighted by atomic mass is 10.00. The molecule has 1 N–H and O–H groups in total. The van der Waals surface area contributed by atoms with Crippen LogP contribution in [0.4, 0.5) is 0 Å². The first-order valence-corrected chi connectivity index (χ1v) is 6.53. The second kappa shape index (κ2) is 5.48. The van der Waals surface area contributed by atoms with Crippen molar-refractivity contribution in [1.29, 1.82) is 0 Å². The minimum Gasteiger partial charge on any atom is -0.334 e. The van der Waals surface area contributed by atoms with Crippen molar-refractivity contribution < 1.29 is 0 Å². The predicted molar refractivity (Wildman–Crippen MR) is 66.2 cm³/mol. The smallest absolute Gasteiger partial charge is 0.0948 e. The zero-order valence-corrected chi connectivity index (χ0v) is 10.4. The molecule has 0 bridgehead atoms. The maximum absolute atomic E-state index is 4.19. The Kier molecular flexibility index (Phi) is 3.99. The fourth-order valence-corrected chi connectivity index (χ4v) is 2.67. The molecule has 0 radical (unpaired) electrons. The van der Waals surface area contributed by atoms with Crippen molar-refractivity contribution in [3.05, 3.63) is 18.2 Å². The van der Waals surface area contributed by atoms with Crippen molar-refractivity contribution in [2.75, 3.05) is 0 Å². The van der Waals surface area contributed by atoms with Gasteiger partial charge < -0.3 is 9.88 Å². The van der Waals surface area contributed by atoms with E-state index in [4.69, 9.17) is 0 Å². The molecule has 1 aliphatic rings. The molecule has 0 aromatic carbocycles. The summed E-state index contributed by atoms with van der Waals surface area (Å²) < 4.78 is 2.20. The van der Waals surface area contributed by atoms with Crippen LogP contribution in [0.1, 0.15) is 45.2 Å². The summed E-state index contributed by atoms with van der Waals surface area (Å²) in [6, 6.07) is 0.641. The number of nitrogens with zero attached hydrogens (tertiary/aromatic N) is 2. The van der Waals surface area contributed by atoms with Crippen LogP contribution in [0.5, 0.6) is 0 Å². The summed E-state index contributed by atoms with van der Waals surface area (Å²) in [6.45, 7) is 6.44. The zero-order chi connectivity index (χ0) is 11.4. The molecule has 90 valence electrons. The minimum atomic E-state index is 0.641. The molecule has 0 amide bonds. The molecule has 3 nitrogen and oxygen atoms in total. The van der Waals surface area contributed by atoms with Gasteiger partial charge >= 0.3 is 0 Å². The number of aromatic nitrogens is 2. The summed E-state index contributed by atoms with van der Waals surface area (Å²) in [4.78, 5) is 4.19. The molecule has 1 aromatic heterocycles. The van der Waals surface area contributed by atoms with Gasteiger partial charge in [0.1, 0.15) is 0 Å². The van der Waals surface area contributed by atoms with Crippen LogP contribution < -0.4 is 5.32 Å². The van der Waals surface area contributed by atoms with Gasteiger partial charge in [-0.1, -0.05) is 12.8 Å². The van der Waals surface area contributed by atoms with Crippen molar-refractivity contribution in [3.63, 3.8) is 0 Å². The van der Waals surface area contributed by atoms with Gasteiger partial charge in [-0.2, -0.15) is 0 Å². The fourth-order valence-electron chi connectivity index (χ4n) is 2.67. The lowest BCUT2D eigenvalue weighted by molar-refractivity contribution is 0.376. The Morgan fingerprint density at radius 1 is 1.50 bits per heavy atom. The quantitative estimate of drug-likeness (QED) is 0.828. The first-order valence-electron chi connectivity index (χ1n) is 6.53. The average Bonchev–Trinajstić information content (AvgIpc) is 2.96. The zero-order valence-electron chi connectivity index (χ0n) is 10.4. The van der Waals surface area contributed by atoms with E-state index in [1.54, 1.807) is 0 Å². The van der Waals surface area contributed by atoms with Crippen LogP contribution in [0.25, 0.3) is 0 Å². The standard InChI is InChI=1S/C13H23N3/c1-3-16-10-14-8-13(16)9-15-11(2)12-6-4-5-7-12/h8,10-12,15H,3-7,9H2,1-2H3. The number of rotatable bonds is 5. The van der Waals surface area contributed by atoms with Gasteiger partial charge in [0.25, 0.3) is 0 Å². The van der Waals surface area contributed by atoms with Gasteiger partial charge in [-0.25, -0.2) is 4.98 Å². The Bertz CT molecular complexity index is 313. The van der Waals surface area contributed by atoms with E-state index in [0.717, 1.165) is 19.0 Å². The van der Waals surface area contributed by atoms with E-state index in [-0.39, 0.29) is 0 Å². The second-order valence-corrected chi connectivity index (χ2v) is 4.89. The number of hydrogen-bond donors (Lipinski definition) is 1. The third-order valence-corrected chi connectivity index (χ3v) is 3.85. The highest BCUT2D eigenvalue weighted by atomic mass is 15.1. The van der Waals surface area contributed by atoms with Gasteiger partial charge in [-0.3, -0.25) is 0 Å². The Labute approximate surface area is 98.3 Å². The van der Waals surface area contributed by atoms with Crippen molar-refractivity contribution in [3.8, 4) is 0 Å². The summed E-state index contributed by atoms with van der Waals surface area (Å²) in [5.74, 6) is 0.887. The number of imidazole rings is 1. The SMILES string of the molecule is CCn1cncc1CNC(C)C1CCCC1. The van der Waals surface area contributed by atoms with Crippen LogP contribution in [0.2, 0.25) is 0 Å². The number of aryl methyl sites for hydroxylation is 1. The van der Waals surface area contributed by atoms with Crippen LogP contribution in [-0.4, -0.2) is 15.6 Å². The molecule has 0 spiro atoms. The molecular formula is C13H23N3. The molecule has 1 heterocycles. The van der Waals surface area contributed by atoms with Crippen molar-refractivity contribution in [1.82, 2.24) is 14.9 Å². The number of nitrogens with one attached hydrogen (secondary N) is 1. The topological polar surface area (TPSA) is 29.9 Å². The molecule has 3 heteroatoms. The van der Waals surface area contributed by atoms with Gasteiger partial charge in [0, 0.05) is 25.3 Å². The van der Waals surface area contributed by atoms with E-state index in [1.165, 1.54) is 31.4 Å². The van der Waals surface area contributed by atoms with Crippen LogP contribution in [0.15, 0.2) is 12.5 Å². The molecular weight excluding hydrogens is 198 g/mol. The van der Waals surface area contributed by atoms with Crippen LogP contribution in [-0.2, 0) is 13.1 Å². The van der Waals surface area contributed by atoms with E-state index in [9.17, 15) is 0 Å². The van der Waals surface area contributed by atoms with E-state index < -0.39 is 0 Å². The van der Waals surface area contributed by atoms with Gasteiger partial charge in [0.15, 0.2) is 0 Å². The molecule has 1 saturated carbocycles. The predicted octanol–water partition coefficient (Wildman–Crippen LogP) is 2.57. The summed E-state index contributed by atoms with van der Waals surface area (Å²) >= 11 is 0. The summed E-state index contributed by atoms with van der Waals surface area (Å²) in [7, 11) is 0. The monoisotopic (exact) mass is 221 g/mol. The molecule has 1 atom stereocenters. The molecule has 0 aliphatic heterocycles. The van der Waals surface area contributed by atoms with Crippen LogP contribution in [0, 0.1) is 5.92 Å². The largest absolute Gasteiger partial charge is 0.334 e. The third kappa shape index (κ3) is 2.64.